The van der Waals surface area contributed by atoms with Crippen molar-refractivity contribution in [2.45, 2.75) is 23.1 Å². The van der Waals surface area contributed by atoms with Gasteiger partial charge in [-0.05, 0) is 12.8 Å². The average Bonchev–Trinajstić information content (AvgIpc) is 3.06. The number of halogens is 1. The molecule has 2 rings (SSSR count). The summed E-state index contributed by atoms with van der Waals surface area (Å²) in [6, 6.07) is 0.998. The third kappa shape index (κ3) is 3.66. The average molecular weight is 340 g/mol. The van der Waals surface area contributed by atoms with Crippen LogP contribution in [0.5, 0.6) is 0 Å². The minimum Gasteiger partial charge on any atom is -0.352 e. The van der Waals surface area contributed by atoms with E-state index in [9.17, 15) is 23.3 Å². The number of carbonyl (C=O) groups excluding carboxylic acids is 1. The van der Waals surface area contributed by atoms with Crippen molar-refractivity contribution in [2.75, 3.05) is 6.54 Å². The summed E-state index contributed by atoms with van der Waals surface area (Å²) >= 11 is 6.16. The number of hydrogen-bond acceptors (Lipinski definition) is 6. The van der Waals surface area contributed by atoms with E-state index in [0.29, 0.717) is 11.3 Å². The molecule has 20 heavy (non-hydrogen) atoms. The number of nitrogens with one attached hydrogen (secondary N) is 2. The summed E-state index contributed by atoms with van der Waals surface area (Å²) < 4.78 is 25.3. The van der Waals surface area contributed by atoms with Gasteiger partial charge in [-0.15, -0.1) is 11.3 Å². The van der Waals surface area contributed by atoms with Crippen molar-refractivity contribution in [3.05, 3.63) is 20.5 Å². The summed E-state index contributed by atoms with van der Waals surface area (Å²) in [6.45, 7) is -0.415. The number of thiophene rings is 1. The summed E-state index contributed by atoms with van der Waals surface area (Å²) in [5.74, 6) is -0.437. The molecule has 1 amide bonds. The lowest BCUT2D eigenvalue weighted by molar-refractivity contribution is -0.384. The van der Waals surface area contributed by atoms with Gasteiger partial charge in [0.25, 0.3) is 15.7 Å². The monoisotopic (exact) mass is 339 g/mol. The fraction of sp³-hybridized carbons (Fsp3) is 0.444. The van der Waals surface area contributed by atoms with Crippen LogP contribution in [0.25, 0.3) is 0 Å². The third-order valence-electron chi connectivity index (χ3n) is 2.47. The molecule has 8 nitrogen and oxygen atoms in total. The predicted octanol–water partition coefficient (Wildman–Crippen LogP) is 0.867. The van der Waals surface area contributed by atoms with E-state index < -0.39 is 33.1 Å². The number of hydrogen-bond donors (Lipinski definition) is 2. The molecule has 0 aromatic carbocycles. The minimum atomic E-state index is -3.99. The Bertz CT molecular complexity index is 653. The Balaban J connectivity index is 2.03. The van der Waals surface area contributed by atoms with Gasteiger partial charge in [0.2, 0.25) is 5.91 Å². The highest BCUT2D eigenvalue weighted by Crippen LogP contribution is 2.35. The first-order valence-corrected chi connectivity index (χ1v) is 8.20. The summed E-state index contributed by atoms with van der Waals surface area (Å²) in [6.07, 6.45) is 1.79. The molecule has 0 spiro atoms. The van der Waals surface area contributed by atoms with Gasteiger partial charge < -0.3 is 5.32 Å². The van der Waals surface area contributed by atoms with Gasteiger partial charge in [-0.1, -0.05) is 11.6 Å². The second-order valence-corrected chi connectivity index (χ2v) is 7.80. The maximum absolute atomic E-state index is 11.9. The van der Waals surface area contributed by atoms with Gasteiger partial charge in [-0.2, -0.15) is 0 Å². The molecule has 1 aromatic rings. The molecule has 0 aliphatic heterocycles. The van der Waals surface area contributed by atoms with E-state index in [1.807, 2.05) is 0 Å². The van der Waals surface area contributed by atoms with Gasteiger partial charge in [-0.25, -0.2) is 13.1 Å². The topological polar surface area (TPSA) is 118 Å². The number of nitro groups is 1. The summed E-state index contributed by atoms with van der Waals surface area (Å²) in [4.78, 5) is 21.2. The predicted molar refractivity (Wildman–Crippen MR) is 72.3 cm³/mol. The Kier molecular flexibility index (Phi) is 4.28. The SMILES string of the molecule is O=C(CNS(=O)(=O)c1cc([N+](=O)[O-])c(Cl)s1)NC1CC1. The van der Waals surface area contributed by atoms with Crippen molar-refractivity contribution in [1.29, 1.82) is 0 Å². The van der Waals surface area contributed by atoms with Crippen LogP contribution in [0, 0.1) is 10.1 Å². The van der Waals surface area contributed by atoms with Crippen molar-refractivity contribution in [2.24, 2.45) is 0 Å². The van der Waals surface area contributed by atoms with Gasteiger partial charge in [0.15, 0.2) is 4.34 Å². The van der Waals surface area contributed by atoms with Crippen LogP contribution >= 0.6 is 22.9 Å². The van der Waals surface area contributed by atoms with E-state index in [2.05, 4.69) is 10.0 Å². The Hall–Kier alpha value is -1.23. The standard InChI is InChI=1S/C9H10ClN3O5S2/c10-9-6(13(15)16)3-8(19-9)20(17,18)11-4-7(14)12-5-1-2-5/h3,5,11H,1-2,4H2,(H,12,14). The molecule has 1 fully saturated rings. The Labute approximate surface area is 123 Å². The molecule has 1 aromatic heterocycles. The highest BCUT2D eigenvalue weighted by Gasteiger charge is 2.27. The Morgan fingerprint density at radius 1 is 1.55 bits per heavy atom. The van der Waals surface area contributed by atoms with Gasteiger partial charge in [-0.3, -0.25) is 14.9 Å². The van der Waals surface area contributed by atoms with E-state index in [0.717, 1.165) is 18.9 Å². The van der Waals surface area contributed by atoms with Gasteiger partial charge in [0.05, 0.1) is 11.5 Å². The van der Waals surface area contributed by atoms with E-state index in [-0.39, 0.29) is 14.6 Å². The zero-order valence-electron chi connectivity index (χ0n) is 9.96. The summed E-state index contributed by atoms with van der Waals surface area (Å²) in [7, 11) is -3.99. The lowest BCUT2D eigenvalue weighted by Crippen LogP contribution is -2.37. The fourth-order valence-electron chi connectivity index (χ4n) is 1.33. The number of nitrogens with zero attached hydrogens (tertiary/aromatic N) is 1. The molecule has 2 N–H and O–H groups in total. The quantitative estimate of drug-likeness (QED) is 0.588. The molecule has 0 atom stereocenters. The summed E-state index contributed by atoms with van der Waals surface area (Å²) in [5.41, 5.74) is -0.473. The molecule has 0 unspecified atom stereocenters. The zero-order chi connectivity index (χ0) is 14.9. The number of carbonyl (C=O) groups is 1. The molecule has 11 heteroatoms. The molecule has 1 aliphatic carbocycles. The second kappa shape index (κ2) is 5.64. The van der Waals surface area contributed by atoms with Crippen LogP contribution in [0.2, 0.25) is 4.34 Å². The van der Waals surface area contributed by atoms with Crippen LogP contribution < -0.4 is 10.0 Å². The lowest BCUT2D eigenvalue weighted by atomic mass is 10.5. The molecular formula is C9H10ClN3O5S2. The van der Waals surface area contributed by atoms with Crippen molar-refractivity contribution in [1.82, 2.24) is 10.0 Å². The first kappa shape index (κ1) is 15.2. The van der Waals surface area contributed by atoms with Crippen molar-refractivity contribution < 1.29 is 18.1 Å². The van der Waals surface area contributed by atoms with Crippen molar-refractivity contribution in [3.63, 3.8) is 0 Å². The van der Waals surface area contributed by atoms with Crippen LogP contribution in [0.15, 0.2) is 10.3 Å². The molecule has 0 bridgehead atoms. The molecule has 0 radical (unpaired) electrons. The normalized spacial score (nSPS) is 15.1. The molecule has 0 saturated heterocycles. The Morgan fingerprint density at radius 2 is 2.20 bits per heavy atom. The fourth-order valence-corrected chi connectivity index (χ4v) is 4.02. The molecule has 1 saturated carbocycles. The van der Waals surface area contributed by atoms with Crippen LogP contribution in [0.4, 0.5) is 5.69 Å². The highest BCUT2D eigenvalue weighted by atomic mass is 35.5. The van der Waals surface area contributed by atoms with E-state index in [1.54, 1.807) is 0 Å². The number of rotatable bonds is 6. The molecule has 1 aliphatic rings. The van der Waals surface area contributed by atoms with E-state index in [4.69, 9.17) is 11.6 Å². The largest absolute Gasteiger partial charge is 0.352 e. The lowest BCUT2D eigenvalue weighted by Gasteiger charge is -2.04. The van der Waals surface area contributed by atoms with Crippen molar-refractivity contribution in [3.8, 4) is 0 Å². The summed E-state index contributed by atoms with van der Waals surface area (Å²) in [5, 5.41) is 13.2. The third-order valence-corrected chi connectivity index (χ3v) is 5.69. The zero-order valence-corrected chi connectivity index (χ0v) is 12.3. The first-order valence-electron chi connectivity index (χ1n) is 5.52. The van der Waals surface area contributed by atoms with Crippen LogP contribution in [-0.4, -0.2) is 31.8 Å². The van der Waals surface area contributed by atoms with Gasteiger partial charge in [0, 0.05) is 12.1 Å². The van der Waals surface area contributed by atoms with Crippen molar-refractivity contribution >= 4 is 44.6 Å². The van der Waals surface area contributed by atoms with E-state index in [1.165, 1.54) is 0 Å². The molecule has 1 heterocycles. The van der Waals surface area contributed by atoms with E-state index >= 15 is 0 Å². The first-order chi connectivity index (χ1) is 9.29. The maximum Gasteiger partial charge on any atom is 0.300 e. The maximum atomic E-state index is 11.9. The number of sulfonamides is 1. The highest BCUT2D eigenvalue weighted by molar-refractivity contribution is 7.91. The number of amides is 1. The van der Waals surface area contributed by atoms with Crippen LogP contribution in [-0.2, 0) is 14.8 Å². The van der Waals surface area contributed by atoms with Crippen LogP contribution in [0.3, 0.4) is 0 Å². The Morgan fingerprint density at radius 3 is 2.70 bits per heavy atom. The second-order valence-electron chi connectivity index (χ2n) is 4.15. The smallest absolute Gasteiger partial charge is 0.300 e. The molecular weight excluding hydrogens is 330 g/mol. The van der Waals surface area contributed by atoms with Crippen LogP contribution in [0.1, 0.15) is 12.8 Å². The minimum absolute atomic E-state index is 0.129. The van der Waals surface area contributed by atoms with Gasteiger partial charge >= 0.3 is 0 Å². The molecule has 110 valence electrons. The van der Waals surface area contributed by atoms with Gasteiger partial charge in [0.1, 0.15) is 4.21 Å².